The number of ether oxygens (including phenoxy) is 2. The Balaban J connectivity index is 1.75. The third-order valence-electron chi connectivity index (χ3n) is 4.44. The zero-order chi connectivity index (χ0) is 21.3. The van der Waals surface area contributed by atoms with Crippen LogP contribution in [0, 0.1) is 0 Å². The van der Waals surface area contributed by atoms with Gasteiger partial charge in [-0.2, -0.15) is 14.6 Å². The van der Waals surface area contributed by atoms with E-state index < -0.39 is 5.56 Å². The maximum absolute atomic E-state index is 12.8. The van der Waals surface area contributed by atoms with Gasteiger partial charge in [0.05, 0.1) is 18.8 Å². The molecule has 30 heavy (non-hydrogen) atoms. The van der Waals surface area contributed by atoms with Gasteiger partial charge in [-0.1, -0.05) is 41.1 Å². The molecule has 7 nitrogen and oxygen atoms in total. The Morgan fingerprint density at radius 2 is 1.80 bits per heavy atom. The van der Waals surface area contributed by atoms with Gasteiger partial charge in [-0.25, -0.2) is 0 Å². The Morgan fingerprint density at radius 3 is 2.50 bits per heavy atom. The standard InChI is InChI=1S/C21H16ClN3O4S/c1-28-16-8-5-13(10-17(16)29-2)9-15-19(26)23-21-25(24-15)20(27)18(30-21)11-12-3-6-14(22)7-4-12/h3-8,10-11H,9H2,1-2H3/b18-11+. The van der Waals surface area contributed by atoms with Gasteiger partial charge in [-0.15, -0.1) is 0 Å². The fourth-order valence-corrected chi connectivity index (χ4v) is 3.98. The Bertz CT molecular complexity index is 1400. The molecule has 0 aliphatic heterocycles. The highest BCUT2D eigenvalue weighted by Gasteiger charge is 2.13. The topological polar surface area (TPSA) is 82.8 Å². The zero-order valence-electron chi connectivity index (χ0n) is 16.1. The normalized spacial score (nSPS) is 11.8. The number of nitrogens with zero attached hydrogens (tertiary/aromatic N) is 3. The van der Waals surface area contributed by atoms with E-state index in [9.17, 15) is 9.59 Å². The van der Waals surface area contributed by atoms with Crippen LogP contribution >= 0.6 is 22.9 Å². The molecular weight excluding hydrogens is 426 g/mol. The average Bonchev–Trinajstić information content (AvgIpc) is 3.04. The summed E-state index contributed by atoms with van der Waals surface area (Å²) in [6.45, 7) is 0. The van der Waals surface area contributed by atoms with Gasteiger partial charge >= 0.3 is 0 Å². The lowest BCUT2D eigenvalue weighted by atomic mass is 10.1. The number of hydrogen-bond donors (Lipinski definition) is 0. The molecule has 0 bridgehead atoms. The van der Waals surface area contributed by atoms with Crippen molar-refractivity contribution < 1.29 is 9.47 Å². The lowest BCUT2D eigenvalue weighted by Crippen LogP contribution is -2.28. The summed E-state index contributed by atoms with van der Waals surface area (Å²) < 4.78 is 12.1. The van der Waals surface area contributed by atoms with Crippen LogP contribution in [-0.4, -0.2) is 28.8 Å². The van der Waals surface area contributed by atoms with Gasteiger partial charge in [-0.3, -0.25) is 9.59 Å². The van der Waals surface area contributed by atoms with Gasteiger partial charge in [0.2, 0.25) is 4.96 Å². The lowest BCUT2D eigenvalue weighted by molar-refractivity contribution is 0.354. The van der Waals surface area contributed by atoms with E-state index >= 15 is 0 Å². The van der Waals surface area contributed by atoms with Gasteiger partial charge in [-0.05, 0) is 41.5 Å². The number of rotatable bonds is 5. The smallest absolute Gasteiger partial charge is 0.296 e. The Hall–Kier alpha value is -3.23. The molecular formula is C21H16ClN3O4S. The van der Waals surface area contributed by atoms with Crippen LogP contribution in [0.2, 0.25) is 5.02 Å². The molecule has 0 atom stereocenters. The molecule has 4 rings (SSSR count). The van der Waals surface area contributed by atoms with Crippen LogP contribution in [0.25, 0.3) is 11.0 Å². The predicted octanol–water partition coefficient (Wildman–Crippen LogP) is 2.32. The number of halogens is 1. The van der Waals surface area contributed by atoms with Gasteiger partial charge in [0.15, 0.2) is 11.5 Å². The largest absolute Gasteiger partial charge is 0.493 e. The van der Waals surface area contributed by atoms with E-state index in [0.717, 1.165) is 22.5 Å². The zero-order valence-corrected chi connectivity index (χ0v) is 17.7. The molecule has 0 unspecified atom stereocenters. The van der Waals surface area contributed by atoms with Crippen molar-refractivity contribution in [3.8, 4) is 11.5 Å². The summed E-state index contributed by atoms with van der Waals surface area (Å²) in [6.07, 6.45) is 1.93. The van der Waals surface area contributed by atoms with E-state index in [1.807, 2.05) is 6.07 Å². The lowest BCUT2D eigenvalue weighted by Gasteiger charge is -2.09. The van der Waals surface area contributed by atoms with Crippen LogP contribution < -0.4 is 25.1 Å². The quantitative estimate of drug-likeness (QED) is 0.472. The van der Waals surface area contributed by atoms with Gasteiger partial charge in [0.25, 0.3) is 11.1 Å². The molecule has 0 amide bonds. The first-order valence-electron chi connectivity index (χ1n) is 8.89. The Kier molecular flexibility index (Phi) is 5.52. The highest BCUT2D eigenvalue weighted by Crippen LogP contribution is 2.28. The number of benzene rings is 2. The van der Waals surface area contributed by atoms with Crippen molar-refractivity contribution >= 4 is 34.0 Å². The minimum atomic E-state index is -0.468. The minimum Gasteiger partial charge on any atom is -0.493 e. The summed E-state index contributed by atoms with van der Waals surface area (Å²) in [5.74, 6) is 1.13. The summed E-state index contributed by atoms with van der Waals surface area (Å²) >= 11 is 7.02. The van der Waals surface area contributed by atoms with E-state index in [0.29, 0.717) is 21.1 Å². The van der Waals surface area contributed by atoms with E-state index in [4.69, 9.17) is 21.1 Å². The number of fused-ring (bicyclic) bond motifs is 1. The van der Waals surface area contributed by atoms with Crippen molar-refractivity contribution in [1.82, 2.24) is 14.6 Å². The molecule has 0 saturated carbocycles. The van der Waals surface area contributed by atoms with Gasteiger partial charge in [0.1, 0.15) is 5.69 Å². The van der Waals surface area contributed by atoms with Crippen LogP contribution in [0.5, 0.6) is 11.5 Å². The third kappa shape index (κ3) is 3.92. The summed E-state index contributed by atoms with van der Waals surface area (Å²) in [5.41, 5.74) is 0.980. The molecule has 2 aromatic heterocycles. The first-order valence-corrected chi connectivity index (χ1v) is 10.1. The Labute approximate surface area is 179 Å². The molecule has 9 heteroatoms. The van der Waals surface area contributed by atoms with Crippen LogP contribution in [-0.2, 0) is 6.42 Å². The molecule has 0 aliphatic carbocycles. The van der Waals surface area contributed by atoms with Crippen molar-refractivity contribution in [2.24, 2.45) is 0 Å². The first-order chi connectivity index (χ1) is 14.5. The highest BCUT2D eigenvalue weighted by atomic mass is 35.5. The minimum absolute atomic E-state index is 0.174. The fourth-order valence-electron chi connectivity index (χ4n) is 2.95. The first kappa shape index (κ1) is 20.1. The van der Waals surface area contributed by atoms with Crippen molar-refractivity contribution in [2.45, 2.75) is 6.42 Å². The molecule has 4 aromatic rings. The van der Waals surface area contributed by atoms with Gasteiger partial charge < -0.3 is 9.47 Å². The van der Waals surface area contributed by atoms with Crippen LogP contribution in [0.3, 0.4) is 0 Å². The monoisotopic (exact) mass is 441 g/mol. The maximum atomic E-state index is 12.8. The SMILES string of the molecule is COc1ccc(Cc2nn3c(=O)/c(=C\c4ccc(Cl)cc4)sc3nc2=O)cc1OC. The number of hydrogen-bond acceptors (Lipinski definition) is 7. The molecule has 0 N–H and O–H groups in total. The molecule has 0 radical (unpaired) electrons. The molecule has 0 spiro atoms. The highest BCUT2D eigenvalue weighted by molar-refractivity contribution is 7.15. The summed E-state index contributed by atoms with van der Waals surface area (Å²) in [7, 11) is 3.09. The van der Waals surface area contributed by atoms with E-state index in [-0.39, 0.29) is 22.6 Å². The van der Waals surface area contributed by atoms with Gasteiger partial charge in [0, 0.05) is 11.4 Å². The second-order valence-electron chi connectivity index (χ2n) is 6.39. The number of thiazole rings is 1. The second-order valence-corrected chi connectivity index (χ2v) is 7.84. The molecule has 2 heterocycles. The molecule has 0 aliphatic rings. The summed E-state index contributed by atoms with van der Waals surface area (Å²) in [4.78, 5) is 29.5. The molecule has 0 saturated heterocycles. The number of methoxy groups -OCH3 is 2. The molecule has 0 fully saturated rings. The predicted molar refractivity (Wildman–Crippen MR) is 116 cm³/mol. The molecule has 2 aromatic carbocycles. The van der Waals surface area contributed by atoms with E-state index in [1.54, 1.807) is 49.6 Å². The van der Waals surface area contributed by atoms with E-state index in [1.165, 1.54) is 11.6 Å². The van der Waals surface area contributed by atoms with E-state index in [2.05, 4.69) is 10.1 Å². The van der Waals surface area contributed by atoms with Crippen molar-refractivity contribution in [2.75, 3.05) is 14.2 Å². The summed E-state index contributed by atoms with van der Waals surface area (Å²) in [5, 5.41) is 4.88. The summed E-state index contributed by atoms with van der Waals surface area (Å²) in [6, 6.07) is 12.4. The fraction of sp³-hybridized carbons (Fsp3) is 0.143. The average molecular weight is 442 g/mol. The van der Waals surface area contributed by atoms with Crippen molar-refractivity contribution in [1.29, 1.82) is 0 Å². The van der Waals surface area contributed by atoms with Crippen LogP contribution in [0.1, 0.15) is 16.8 Å². The van der Waals surface area contributed by atoms with Crippen molar-refractivity contribution in [3.63, 3.8) is 0 Å². The van der Waals surface area contributed by atoms with Crippen molar-refractivity contribution in [3.05, 3.63) is 89.5 Å². The van der Waals surface area contributed by atoms with Crippen LogP contribution in [0.4, 0.5) is 0 Å². The third-order valence-corrected chi connectivity index (χ3v) is 5.65. The Morgan fingerprint density at radius 1 is 1.07 bits per heavy atom. The maximum Gasteiger partial charge on any atom is 0.296 e. The second kappa shape index (κ2) is 8.25. The van der Waals surface area contributed by atoms with Crippen LogP contribution in [0.15, 0.2) is 52.1 Å². The number of aromatic nitrogens is 3. The molecule has 152 valence electrons.